The number of hydrogen-bond donors (Lipinski definition) is 1. The lowest BCUT2D eigenvalue weighted by Gasteiger charge is -2.22. The molecule has 1 saturated carbocycles. The van der Waals surface area contributed by atoms with Crippen molar-refractivity contribution >= 4 is 21.9 Å². The SMILES string of the molecule is CC(C)N(C)S(=O)(=O)c1cccc(C(=O)N2C[C@H](C(=O)O)[C@@H](C3CC3)C2)c1. The van der Waals surface area contributed by atoms with Gasteiger partial charge in [0.15, 0.2) is 0 Å². The number of carbonyl (C=O) groups is 2. The molecule has 2 aliphatic rings. The number of carbonyl (C=O) groups excluding carboxylic acids is 1. The summed E-state index contributed by atoms with van der Waals surface area (Å²) >= 11 is 0. The summed E-state index contributed by atoms with van der Waals surface area (Å²) in [5.74, 6) is -1.34. The molecule has 2 fully saturated rings. The van der Waals surface area contributed by atoms with Gasteiger partial charge in [-0.3, -0.25) is 9.59 Å². The number of aliphatic carboxylic acids is 1. The first kappa shape index (κ1) is 19.8. The Morgan fingerprint density at radius 2 is 1.89 bits per heavy atom. The van der Waals surface area contributed by atoms with Crippen LogP contribution in [0.2, 0.25) is 0 Å². The topological polar surface area (TPSA) is 95.0 Å². The number of carboxylic acids is 1. The second-order valence-corrected chi connectivity index (χ2v) is 9.80. The van der Waals surface area contributed by atoms with Gasteiger partial charge in [-0.15, -0.1) is 0 Å². The molecule has 0 aromatic heterocycles. The molecule has 3 rings (SSSR count). The van der Waals surface area contributed by atoms with Crippen LogP contribution in [-0.2, 0) is 14.8 Å². The second-order valence-electron chi connectivity index (χ2n) is 7.80. The Balaban J connectivity index is 1.83. The molecule has 0 unspecified atom stereocenters. The second kappa shape index (κ2) is 7.24. The molecule has 1 amide bonds. The zero-order valence-corrected chi connectivity index (χ0v) is 16.6. The van der Waals surface area contributed by atoms with Crippen molar-refractivity contribution in [2.24, 2.45) is 17.8 Å². The first-order valence-corrected chi connectivity index (χ1v) is 10.7. The zero-order chi connectivity index (χ0) is 19.9. The number of hydrogen-bond acceptors (Lipinski definition) is 4. The summed E-state index contributed by atoms with van der Waals surface area (Å²) in [5, 5.41) is 9.47. The van der Waals surface area contributed by atoms with Crippen molar-refractivity contribution in [3.8, 4) is 0 Å². The molecule has 7 nitrogen and oxygen atoms in total. The molecule has 0 spiro atoms. The first-order chi connectivity index (χ1) is 12.6. The van der Waals surface area contributed by atoms with Gasteiger partial charge in [0, 0.05) is 31.7 Å². The quantitative estimate of drug-likeness (QED) is 0.795. The summed E-state index contributed by atoms with van der Waals surface area (Å²) in [4.78, 5) is 26.1. The van der Waals surface area contributed by atoms with Gasteiger partial charge in [-0.1, -0.05) is 6.07 Å². The maximum Gasteiger partial charge on any atom is 0.308 e. The van der Waals surface area contributed by atoms with Crippen LogP contribution in [0.4, 0.5) is 0 Å². The molecule has 1 aromatic carbocycles. The lowest BCUT2D eigenvalue weighted by atomic mass is 9.92. The Morgan fingerprint density at radius 3 is 2.44 bits per heavy atom. The Kier molecular flexibility index (Phi) is 5.31. The molecule has 27 heavy (non-hydrogen) atoms. The van der Waals surface area contributed by atoms with Crippen LogP contribution in [0, 0.1) is 17.8 Å². The van der Waals surface area contributed by atoms with Crippen molar-refractivity contribution in [2.45, 2.75) is 37.6 Å². The van der Waals surface area contributed by atoms with Crippen molar-refractivity contribution < 1.29 is 23.1 Å². The third-order valence-electron chi connectivity index (χ3n) is 5.68. The summed E-state index contributed by atoms with van der Waals surface area (Å²) < 4.78 is 26.6. The van der Waals surface area contributed by atoms with Gasteiger partial charge < -0.3 is 10.0 Å². The largest absolute Gasteiger partial charge is 0.481 e. The minimum atomic E-state index is -3.69. The van der Waals surface area contributed by atoms with Crippen molar-refractivity contribution in [2.75, 3.05) is 20.1 Å². The average molecular weight is 394 g/mol. The highest BCUT2D eigenvalue weighted by molar-refractivity contribution is 7.89. The van der Waals surface area contributed by atoms with E-state index in [1.807, 2.05) is 0 Å². The van der Waals surface area contributed by atoms with Crippen molar-refractivity contribution in [3.63, 3.8) is 0 Å². The zero-order valence-electron chi connectivity index (χ0n) is 15.8. The van der Waals surface area contributed by atoms with Gasteiger partial charge in [-0.2, -0.15) is 4.31 Å². The molecule has 1 aromatic rings. The summed E-state index contributed by atoms with van der Waals surface area (Å²) in [5.41, 5.74) is 0.272. The molecule has 0 bridgehead atoms. The molecule has 1 aliphatic heterocycles. The lowest BCUT2D eigenvalue weighted by Crippen LogP contribution is -2.33. The first-order valence-electron chi connectivity index (χ1n) is 9.23. The Labute approximate surface area is 160 Å². The Bertz CT molecular complexity index is 847. The summed E-state index contributed by atoms with van der Waals surface area (Å²) in [7, 11) is -2.18. The Hall–Kier alpha value is -1.93. The number of rotatable bonds is 6. The van der Waals surface area contributed by atoms with Crippen molar-refractivity contribution in [3.05, 3.63) is 29.8 Å². The maximum atomic E-state index is 12.9. The highest BCUT2D eigenvalue weighted by Gasteiger charge is 2.47. The molecule has 2 atom stereocenters. The fourth-order valence-corrected chi connectivity index (χ4v) is 5.09. The third-order valence-corrected chi connectivity index (χ3v) is 7.71. The molecule has 0 radical (unpaired) electrons. The number of carboxylic acid groups (broad SMARTS) is 1. The van der Waals surface area contributed by atoms with Gasteiger partial charge in [0.1, 0.15) is 0 Å². The molecule has 1 aliphatic carbocycles. The fourth-order valence-electron chi connectivity index (χ4n) is 3.67. The molecular weight excluding hydrogens is 368 g/mol. The summed E-state index contributed by atoms with van der Waals surface area (Å²) in [6.07, 6.45) is 2.04. The third kappa shape index (κ3) is 3.87. The van der Waals surface area contributed by atoms with E-state index in [1.54, 1.807) is 30.9 Å². The van der Waals surface area contributed by atoms with Crippen LogP contribution < -0.4 is 0 Å². The van der Waals surface area contributed by atoms with E-state index < -0.39 is 21.9 Å². The molecule has 1 saturated heterocycles. The smallest absolute Gasteiger partial charge is 0.308 e. The van der Waals surface area contributed by atoms with Crippen LogP contribution in [-0.4, -0.2) is 60.8 Å². The molecule has 1 N–H and O–H groups in total. The van der Waals surface area contributed by atoms with Gasteiger partial charge in [-0.05, 0) is 56.7 Å². The number of benzene rings is 1. The number of amides is 1. The summed E-state index contributed by atoms with van der Waals surface area (Å²) in [6, 6.07) is 5.79. The summed E-state index contributed by atoms with van der Waals surface area (Å²) in [6.45, 7) is 4.16. The monoisotopic (exact) mass is 394 g/mol. The van der Waals surface area contributed by atoms with E-state index in [9.17, 15) is 23.1 Å². The van der Waals surface area contributed by atoms with Crippen molar-refractivity contribution in [1.82, 2.24) is 9.21 Å². The van der Waals surface area contributed by atoms with E-state index in [4.69, 9.17) is 0 Å². The highest BCUT2D eigenvalue weighted by atomic mass is 32.2. The number of nitrogens with zero attached hydrogens (tertiary/aromatic N) is 2. The predicted molar refractivity (Wildman–Crippen MR) is 99.8 cm³/mol. The van der Waals surface area contributed by atoms with Gasteiger partial charge in [0.05, 0.1) is 10.8 Å². The van der Waals surface area contributed by atoms with Gasteiger partial charge >= 0.3 is 5.97 Å². The normalized spacial score (nSPS) is 23.2. The van der Waals surface area contributed by atoms with E-state index >= 15 is 0 Å². The van der Waals surface area contributed by atoms with Crippen LogP contribution in [0.5, 0.6) is 0 Å². The van der Waals surface area contributed by atoms with Gasteiger partial charge in [-0.25, -0.2) is 8.42 Å². The average Bonchev–Trinajstić information content (AvgIpc) is 3.38. The number of likely N-dealkylation sites (tertiary alicyclic amines) is 1. The van der Waals surface area contributed by atoms with Crippen molar-refractivity contribution in [1.29, 1.82) is 0 Å². The molecule has 8 heteroatoms. The van der Waals surface area contributed by atoms with E-state index in [0.29, 0.717) is 12.5 Å². The molecule has 1 heterocycles. The van der Waals surface area contributed by atoms with Crippen LogP contribution in [0.15, 0.2) is 29.2 Å². The van der Waals surface area contributed by atoms with Crippen LogP contribution in [0.1, 0.15) is 37.0 Å². The Morgan fingerprint density at radius 1 is 1.22 bits per heavy atom. The van der Waals surface area contributed by atoms with E-state index in [-0.39, 0.29) is 34.9 Å². The molecular formula is C19H26N2O5S. The highest BCUT2D eigenvalue weighted by Crippen LogP contribution is 2.44. The van der Waals surface area contributed by atoms with Crippen LogP contribution in [0.3, 0.4) is 0 Å². The maximum absolute atomic E-state index is 12.9. The minimum absolute atomic E-state index is 0.00885. The standard InChI is InChI=1S/C19H26N2O5S/c1-12(2)20(3)27(25,26)15-6-4-5-14(9-15)18(22)21-10-16(13-7-8-13)17(11-21)19(23)24/h4-6,9,12-13,16-17H,7-8,10-11H2,1-3H3,(H,23,24)/t16-,17+/m1/s1. The van der Waals surface area contributed by atoms with E-state index in [2.05, 4.69) is 0 Å². The van der Waals surface area contributed by atoms with Crippen LogP contribution in [0.25, 0.3) is 0 Å². The lowest BCUT2D eigenvalue weighted by molar-refractivity contribution is -0.142. The minimum Gasteiger partial charge on any atom is -0.481 e. The van der Waals surface area contributed by atoms with Gasteiger partial charge in [0.25, 0.3) is 5.91 Å². The number of sulfonamides is 1. The van der Waals surface area contributed by atoms with Crippen LogP contribution >= 0.6 is 0 Å². The van der Waals surface area contributed by atoms with E-state index in [1.165, 1.54) is 23.5 Å². The van der Waals surface area contributed by atoms with Gasteiger partial charge in [0.2, 0.25) is 10.0 Å². The van der Waals surface area contributed by atoms with E-state index in [0.717, 1.165) is 12.8 Å². The molecule has 148 valence electrons. The fraction of sp³-hybridized carbons (Fsp3) is 0.579. The predicted octanol–water partition coefficient (Wildman–Crippen LogP) is 1.90.